The van der Waals surface area contributed by atoms with E-state index >= 15 is 0 Å². The lowest BCUT2D eigenvalue weighted by molar-refractivity contribution is -0.0845. The molecule has 1 amide bonds. The lowest BCUT2D eigenvalue weighted by Gasteiger charge is -2.31. The Kier molecular flexibility index (Phi) is 5.26. The van der Waals surface area contributed by atoms with Crippen molar-refractivity contribution in [1.29, 1.82) is 0 Å². The van der Waals surface area contributed by atoms with Gasteiger partial charge in [0.1, 0.15) is 29.8 Å². The molecule has 1 aromatic carbocycles. The van der Waals surface area contributed by atoms with E-state index in [9.17, 15) is 4.79 Å². The fourth-order valence-corrected chi connectivity index (χ4v) is 2.61. The molecule has 1 fully saturated rings. The lowest BCUT2D eigenvalue weighted by atomic mass is 10.2. The highest BCUT2D eigenvalue weighted by molar-refractivity contribution is 9.10. The predicted molar refractivity (Wildman–Crippen MR) is 91.5 cm³/mol. The van der Waals surface area contributed by atoms with E-state index in [1.54, 1.807) is 4.90 Å². The number of carbonyl (C=O) groups is 1. The smallest absolute Gasteiger partial charge is 0.412 e. The van der Waals surface area contributed by atoms with Crippen molar-refractivity contribution in [2.45, 2.75) is 52.0 Å². The highest BCUT2D eigenvalue weighted by Crippen LogP contribution is 2.29. The average molecular weight is 386 g/mol. The molecular formula is C17H24BrNO4. The van der Waals surface area contributed by atoms with E-state index in [0.717, 1.165) is 10.2 Å². The fourth-order valence-electron chi connectivity index (χ4n) is 2.35. The van der Waals surface area contributed by atoms with Crippen LogP contribution in [0.25, 0.3) is 0 Å². The standard InChI is InChI=1S/C17H24BrNO4/c1-16(2,3)23-15(20)19-10-14(22-17(19,4)5)11-21-13-8-6-12(18)7-9-13/h6-9,14H,10-11H2,1-5H3. The molecule has 1 aromatic rings. The van der Waals surface area contributed by atoms with Crippen LogP contribution in [0.2, 0.25) is 0 Å². The summed E-state index contributed by atoms with van der Waals surface area (Å²) >= 11 is 3.39. The van der Waals surface area contributed by atoms with E-state index in [0.29, 0.717) is 13.2 Å². The minimum absolute atomic E-state index is 0.193. The van der Waals surface area contributed by atoms with Crippen molar-refractivity contribution in [3.8, 4) is 5.75 Å². The Balaban J connectivity index is 1.93. The van der Waals surface area contributed by atoms with Crippen LogP contribution in [0.15, 0.2) is 28.7 Å². The van der Waals surface area contributed by atoms with E-state index in [4.69, 9.17) is 14.2 Å². The molecule has 0 saturated carbocycles. The van der Waals surface area contributed by atoms with Crippen molar-refractivity contribution in [3.05, 3.63) is 28.7 Å². The molecule has 128 valence electrons. The third-order valence-electron chi connectivity index (χ3n) is 3.35. The Morgan fingerprint density at radius 2 is 1.96 bits per heavy atom. The molecule has 0 N–H and O–H groups in total. The summed E-state index contributed by atoms with van der Waals surface area (Å²) in [5.41, 5.74) is -1.24. The Morgan fingerprint density at radius 1 is 1.35 bits per heavy atom. The summed E-state index contributed by atoms with van der Waals surface area (Å²) in [7, 11) is 0. The molecule has 0 aliphatic carbocycles. The van der Waals surface area contributed by atoms with Gasteiger partial charge in [0.15, 0.2) is 0 Å². The summed E-state index contributed by atoms with van der Waals surface area (Å²) in [6.45, 7) is 10.1. The van der Waals surface area contributed by atoms with Crippen LogP contribution in [0.5, 0.6) is 5.75 Å². The molecule has 1 aliphatic heterocycles. The molecule has 1 unspecified atom stereocenters. The summed E-state index contributed by atoms with van der Waals surface area (Å²) in [6.07, 6.45) is -0.560. The lowest BCUT2D eigenvalue weighted by Crippen LogP contribution is -2.46. The van der Waals surface area contributed by atoms with Gasteiger partial charge in [-0.2, -0.15) is 0 Å². The molecule has 1 atom stereocenters. The second kappa shape index (κ2) is 6.69. The Labute approximate surface area is 146 Å². The number of benzene rings is 1. The highest BCUT2D eigenvalue weighted by Gasteiger charge is 2.44. The number of hydrogen-bond donors (Lipinski definition) is 0. The van der Waals surface area contributed by atoms with Crippen LogP contribution in [-0.2, 0) is 9.47 Å². The first-order chi connectivity index (χ1) is 10.6. The van der Waals surface area contributed by atoms with Crippen molar-refractivity contribution >= 4 is 22.0 Å². The maximum absolute atomic E-state index is 12.3. The molecular weight excluding hydrogens is 362 g/mol. The third kappa shape index (κ3) is 5.11. The van der Waals surface area contributed by atoms with E-state index in [2.05, 4.69) is 15.9 Å². The topological polar surface area (TPSA) is 48.0 Å². The number of halogens is 1. The van der Waals surface area contributed by atoms with Crippen molar-refractivity contribution in [3.63, 3.8) is 0 Å². The van der Waals surface area contributed by atoms with Crippen molar-refractivity contribution < 1.29 is 19.0 Å². The summed E-state index contributed by atoms with van der Waals surface area (Å²) in [5.74, 6) is 0.769. The van der Waals surface area contributed by atoms with Gasteiger partial charge in [0.05, 0.1) is 6.54 Å². The number of ether oxygens (including phenoxy) is 3. The zero-order chi connectivity index (χ0) is 17.3. The van der Waals surface area contributed by atoms with Gasteiger partial charge in [-0.25, -0.2) is 4.79 Å². The van der Waals surface area contributed by atoms with E-state index < -0.39 is 11.3 Å². The van der Waals surface area contributed by atoms with Gasteiger partial charge in [-0.05, 0) is 58.9 Å². The fraction of sp³-hybridized carbons (Fsp3) is 0.588. The maximum atomic E-state index is 12.3. The molecule has 1 saturated heterocycles. The molecule has 5 nitrogen and oxygen atoms in total. The molecule has 1 heterocycles. The number of carbonyl (C=O) groups excluding carboxylic acids is 1. The van der Waals surface area contributed by atoms with Crippen LogP contribution in [0.3, 0.4) is 0 Å². The highest BCUT2D eigenvalue weighted by atomic mass is 79.9. The van der Waals surface area contributed by atoms with Crippen molar-refractivity contribution in [2.24, 2.45) is 0 Å². The normalized spacial score (nSPS) is 20.4. The Bertz CT molecular complexity index is 551. The van der Waals surface area contributed by atoms with Gasteiger partial charge >= 0.3 is 6.09 Å². The maximum Gasteiger partial charge on any atom is 0.412 e. The van der Waals surface area contributed by atoms with Gasteiger partial charge in [-0.3, -0.25) is 4.90 Å². The molecule has 0 aromatic heterocycles. The summed E-state index contributed by atoms with van der Waals surface area (Å²) in [4.78, 5) is 13.9. The first-order valence-electron chi connectivity index (χ1n) is 7.64. The van der Waals surface area contributed by atoms with Gasteiger partial charge in [0.2, 0.25) is 0 Å². The summed E-state index contributed by atoms with van der Waals surface area (Å²) in [5, 5.41) is 0. The van der Waals surface area contributed by atoms with Gasteiger partial charge in [0, 0.05) is 4.47 Å². The van der Waals surface area contributed by atoms with Gasteiger partial charge in [-0.1, -0.05) is 15.9 Å². The van der Waals surface area contributed by atoms with Gasteiger partial charge < -0.3 is 14.2 Å². The van der Waals surface area contributed by atoms with Crippen LogP contribution < -0.4 is 4.74 Å². The minimum atomic E-state index is -0.712. The second-order valence-corrected chi connectivity index (χ2v) is 7.96. The van der Waals surface area contributed by atoms with Crippen LogP contribution >= 0.6 is 15.9 Å². The molecule has 0 spiro atoms. The van der Waals surface area contributed by atoms with Crippen LogP contribution in [0.4, 0.5) is 4.79 Å². The average Bonchev–Trinajstić information content (AvgIpc) is 2.71. The quantitative estimate of drug-likeness (QED) is 0.781. The van der Waals surface area contributed by atoms with Crippen LogP contribution in [0, 0.1) is 0 Å². The number of amides is 1. The molecule has 1 aliphatic rings. The largest absolute Gasteiger partial charge is 0.491 e. The van der Waals surface area contributed by atoms with Crippen LogP contribution in [-0.4, -0.2) is 41.6 Å². The zero-order valence-electron chi connectivity index (χ0n) is 14.3. The van der Waals surface area contributed by atoms with E-state index in [1.807, 2.05) is 58.9 Å². The van der Waals surface area contributed by atoms with E-state index in [-0.39, 0.29) is 12.2 Å². The van der Waals surface area contributed by atoms with Gasteiger partial charge in [0.25, 0.3) is 0 Å². The number of hydrogen-bond acceptors (Lipinski definition) is 4. The summed E-state index contributed by atoms with van der Waals surface area (Å²) < 4.78 is 18.1. The molecule has 2 rings (SSSR count). The first-order valence-corrected chi connectivity index (χ1v) is 8.43. The predicted octanol–water partition coefficient (Wildman–Crippen LogP) is 4.20. The van der Waals surface area contributed by atoms with Crippen LogP contribution in [0.1, 0.15) is 34.6 Å². The van der Waals surface area contributed by atoms with Gasteiger partial charge in [-0.15, -0.1) is 0 Å². The monoisotopic (exact) mass is 385 g/mol. The number of nitrogens with zero attached hydrogens (tertiary/aromatic N) is 1. The molecule has 23 heavy (non-hydrogen) atoms. The minimum Gasteiger partial charge on any atom is -0.491 e. The van der Waals surface area contributed by atoms with E-state index in [1.165, 1.54) is 0 Å². The molecule has 0 bridgehead atoms. The molecule has 6 heteroatoms. The second-order valence-electron chi connectivity index (χ2n) is 7.04. The Hall–Kier alpha value is -1.27. The Morgan fingerprint density at radius 3 is 2.52 bits per heavy atom. The number of rotatable bonds is 3. The van der Waals surface area contributed by atoms with Crippen molar-refractivity contribution in [2.75, 3.05) is 13.2 Å². The summed E-state index contributed by atoms with van der Waals surface area (Å²) in [6, 6.07) is 7.61. The SMILES string of the molecule is CC(C)(C)OC(=O)N1CC(COc2ccc(Br)cc2)OC1(C)C. The first kappa shape index (κ1) is 18.1. The van der Waals surface area contributed by atoms with Crippen molar-refractivity contribution in [1.82, 2.24) is 4.90 Å². The molecule has 0 radical (unpaired) electrons. The zero-order valence-corrected chi connectivity index (χ0v) is 15.8. The third-order valence-corrected chi connectivity index (χ3v) is 3.88.